The Morgan fingerprint density at radius 1 is 1.35 bits per heavy atom. The van der Waals surface area contributed by atoms with E-state index < -0.39 is 11.7 Å². The third kappa shape index (κ3) is 4.37. The molecule has 0 unspecified atom stereocenters. The molecule has 0 saturated carbocycles. The maximum absolute atomic E-state index is 14.3. The molecule has 0 radical (unpaired) electrons. The lowest BCUT2D eigenvalue weighted by Gasteiger charge is -2.18. The number of ether oxygens (including phenoxy) is 1. The van der Waals surface area contributed by atoms with E-state index in [9.17, 15) is 14.0 Å². The maximum Gasteiger partial charge on any atom is 0.311 e. The molecular formula is C18H20FN3O3S. The molecule has 1 saturated heterocycles. The minimum Gasteiger partial charge on any atom is -0.466 e. The molecule has 1 aromatic carbocycles. The number of aromatic nitrogens is 1. The van der Waals surface area contributed by atoms with Gasteiger partial charge in [-0.15, -0.1) is 11.3 Å². The van der Waals surface area contributed by atoms with Gasteiger partial charge in [0.15, 0.2) is 5.13 Å². The summed E-state index contributed by atoms with van der Waals surface area (Å²) in [6.45, 7) is 3.72. The minimum absolute atomic E-state index is 0.0549. The SMILES string of the molecule is CCOC(=O)Cc1csc(NC(=O)c2ccc(N3CCCC3)c(F)c2)n1. The number of hydrogen-bond donors (Lipinski definition) is 1. The standard InChI is InChI=1S/C18H20FN3O3S/c1-2-25-16(23)10-13-11-26-18(20-13)21-17(24)12-5-6-15(14(19)9-12)22-7-3-4-8-22/h5-6,9,11H,2-4,7-8,10H2,1H3,(H,20,21,24). The fraction of sp³-hybridized carbons (Fsp3) is 0.389. The van der Waals surface area contributed by atoms with Crippen molar-refractivity contribution in [3.8, 4) is 0 Å². The molecular weight excluding hydrogens is 357 g/mol. The number of halogens is 1. The second-order valence-electron chi connectivity index (χ2n) is 5.94. The highest BCUT2D eigenvalue weighted by atomic mass is 32.1. The number of anilines is 2. The lowest BCUT2D eigenvalue weighted by molar-refractivity contribution is -0.142. The van der Waals surface area contributed by atoms with Crippen molar-refractivity contribution in [2.45, 2.75) is 26.2 Å². The fourth-order valence-electron chi connectivity index (χ4n) is 2.84. The fourth-order valence-corrected chi connectivity index (χ4v) is 3.54. The van der Waals surface area contributed by atoms with Gasteiger partial charge in [-0.25, -0.2) is 9.37 Å². The van der Waals surface area contributed by atoms with Gasteiger partial charge in [-0.1, -0.05) is 0 Å². The molecule has 0 aliphatic carbocycles. The van der Waals surface area contributed by atoms with E-state index in [1.165, 1.54) is 17.4 Å². The number of rotatable bonds is 6. The van der Waals surface area contributed by atoms with Crippen molar-refractivity contribution in [2.75, 3.05) is 29.9 Å². The average molecular weight is 377 g/mol. The third-order valence-electron chi connectivity index (χ3n) is 4.06. The molecule has 1 aliphatic heterocycles. The molecule has 1 aliphatic rings. The smallest absolute Gasteiger partial charge is 0.311 e. The highest BCUT2D eigenvalue weighted by Crippen LogP contribution is 2.25. The van der Waals surface area contributed by atoms with Crippen LogP contribution in [0.25, 0.3) is 0 Å². The second kappa shape index (κ2) is 8.27. The third-order valence-corrected chi connectivity index (χ3v) is 4.87. The molecule has 138 valence electrons. The number of nitrogens with zero attached hydrogens (tertiary/aromatic N) is 2. The van der Waals surface area contributed by atoms with Crippen LogP contribution < -0.4 is 10.2 Å². The molecule has 2 aromatic rings. The van der Waals surface area contributed by atoms with Gasteiger partial charge in [-0.3, -0.25) is 14.9 Å². The molecule has 1 N–H and O–H groups in total. The number of carbonyl (C=O) groups is 2. The van der Waals surface area contributed by atoms with Gasteiger partial charge < -0.3 is 9.64 Å². The van der Waals surface area contributed by atoms with Crippen LogP contribution in [-0.4, -0.2) is 36.6 Å². The van der Waals surface area contributed by atoms with Crippen molar-refractivity contribution in [1.82, 2.24) is 4.98 Å². The molecule has 0 bridgehead atoms. The van der Waals surface area contributed by atoms with Gasteiger partial charge in [0.25, 0.3) is 5.91 Å². The predicted molar refractivity (Wildman–Crippen MR) is 98.3 cm³/mol. The number of thiazole rings is 1. The van der Waals surface area contributed by atoms with E-state index in [4.69, 9.17) is 4.74 Å². The van der Waals surface area contributed by atoms with Crippen LogP contribution in [0.2, 0.25) is 0 Å². The predicted octanol–water partition coefficient (Wildman–Crippen LogP) is 3.24. The first kappa shape index (κ1) is 18.3. The van der Waals surface area contributed by atoms with E-state index in [2.05, 4.69) is 10.3 Å². The van der Waals surface area contributed by atoms with Crippen molar-refractivity contribution >= 4 is 34.0 Å². The highest BCUT2D eigenvalue weighted by molar-refractivity contribution is 7.14. The Bertz CT molecular complexity index is 803. The summed E-state index contributed by atoms with van der Waals surface area (Å²) in [5.74, 6) is -1.20. The summed E-state index contributed by atoms with van der Waals surface area (Å²) in [5, 5.41) is 4.68. The van der Waals surface area contributed by atoms with Gasteiger partial charge in [0, 0.05) is 24.0 Å². The van der Waals surface area contributed by atoms with Crippen LogP contribution >= 0.6 is 11.3 Å². The van der Waals surface area contributed by atoms with Crippen molar-refractivity contribution in [3.63, 3.8) is 0 Å². The first-order valence-electron chi connectivity index (χ1n) is 8.52. The molecule has 1 aromatic heterocycles. The van der Waals surface area contributed by atoms with Crippen molar-refractivity contribution < 1.29 is 18.7 Å². The summed E-state index contributed by atoms with van der Waals surface area (Å²) in [6.07, 6.45) is 2.17. The summed E-state index contributed by atoms with van der Waals surface area (Å²) in [4.78, 5) is 29.9. The molecule has 6 nitrogen and oxygen atoms in total. The van der Waals surface area contributed by atoms with Crippen LogP contribution in [-0.2, 0) is 16.0 Å². The molecule has 0 atom stereocenters. The van der Waals surface area contributed by atoms with Crippen molar-refractivity contribution in [1.29, 1.82) is 0 Å². The number of carbonyl (C=O) groups excluding carboxylic acids is 2. The van der Waals surface area contributed by atoms with Gasteiger partial charge in [0.2, 0.25) is 0 Å². The number of hydrogen-bond acceptors (Lipinski definition) is 6. The summed E-state index contributed by atoms with van der Waals surface area (Å²) in [6, 6.07) is 4.50. The van der Waals surface area contributed by atoms with E-state index >= 15 is 0 Å². The topological polar surface area (TPSA) is 71.5 Å². The van der Waals surface area contributed by atoms with Gasteiger partial charge in [-0.2, -0.15) is 0 Å². The maximum atomic E-state index is 14.3. The number of esters is 1. The van der Waals surface area contributed by atoms with Gasteiger partial charge in [0.1, 0.15) is 5.82 Å². The minimum atomic E-state index is -0.436. The average Bonchev–Trinajstić information content (AvgIpc) is 3.27. The molecule has 0 spiro atoms. The summed E-state index contributed by atoms with van der Waals surface area (Å²) in [7, 11) is 0. The molecule has 2 heterocycles. The lowest BCUT2D eigenvalue weighted by atomic mass is 10.1. The zero-order chi connectivity index (χ0) is 18.5. The van der Waals surface area contributed by atoms with Gasteiger partial charge in [-0.05, 0) is 38.0 Å². The number of amides is 1. The Hall–Kier alpha value is -2.48. The van der Waals surface area contributed by atoms with E-state index in [0.29, 0.717) is 23.1 Å². The van der Waals surface area contributed by atoms with Crippen LogP contribution in [0, 0.1) is 5.82 Å². The molecule has 3 rings (SSSR count). The first-order chi connectivity index (χ1) is 12.6. The zero-order valence-corrected chi connectivity index (χ0v) is 15.3. The van der Waals surface area contributed by atoms with Crippen molar-refractivity contribution in [2.24, 2.45) is 0 Å². The highest BCUT2D eigenvalue weighted by Gasteiger charge is 2.18. The molecule has 8 heteroatoms. The largest absolute Gasteiger partial charge is 0.466 e. The monoisotopic (exact) mass is 377 g/mol. The Labute approximate surface area is 155 Å². The normalized spacial score (nSPS) is 13.7. The van der Waals surface area contributed by atoms with Gasteiger partial charge >= 0.3 is 5.97 Å². The Balaban J connectivity index is 1.64. The lowest BCUT2D eigenvalue weighted by Crippen LogP contribution is -2.19. The van der Waals surface area contributed by atoms with Crippen LogP contribution in [0.4, 0.5) is 15.2 Å². The van der Waals surface area contributed by atoms with E-state index in [0.717, 1.165) is 25.9 Å². The summed E-state index contributed by atoms with van der Waals surface area (Å²) >= 11 is 1.21. The second-order valence-corrected chi connectivity index (χ2v) is 6.80. The van der Waals surface area contributed by atoms with E-state index in [1.807, 2.05) is 4.90 Å². The quantitative estimate of drug-likeness (QED) is 0.783. The molecule has 1 fully saturated rings. The van der Waals surface area contributed by atoms with Crippen LogP contribution in [0.5, 0.6) is 0 Å². The van der Waals surface area contributed by atoms with Crippen LogP contribution in [0.3, 0.4) is 0 Å². The Kier molecular flexibility index (Phi) is 5.82. The van der Waals surface area contributed by atoms with E-state index in [-0.39, 0.29) is 18.0 Å². The Morgan fingerprint density at radius 3 is 2.81 bits per heavy atom. The number of nitrogens with one attached hydrogen (secondary N) is 1. The molecule has 26 heavy (non-hydrogen) atoms. The van der Waals surface area contributed by atoms with Gasteiger partial charge in [0.05, 0.1) is 24.4 Å². The molecule has 1 amide bonds. The summed E-state index contributed by atoms with van der Waals surface area (Å²) < 4.78 is 19.2. The van der Waals surface area contributed by atoms with Crippen LogP contribution in [0.15, 0.2) is 23.6 Å². The summed E-state index contributed by atoms with van der Waals surface area (Å²) in [5.41, 5.74) is 1.29. The van der Waals surface area contributed by atoms with Crippen molar-refractivity contribution in [3.05, 3.63) is 40.7 Å². The number of benzene rings is 1. The Morgan fingerprint density at radius 2 is 2.12 bits per heavy atom. The zero-order valence-electron chi connectivity index (χ0n) is 14.5. The first-order valence-corrected chi connectivity index (χ1v) is 9.40. The van der Waals surface area contributed by atoms with E-state index in [1.54, 1.807) is 24.4 Å². The van der Waals surface area contributed by atoms with Crippen LogP contribution in [0.1, 0.15) is 35.8 Å².